The zero-order valence-electron chi connectivity index (χ0n) is 42.2. The Hall–Kier alpha value is -1.44. The number of carbonyl (C=O) groups excluding carboxylic acids is 2. The molecule has 7 fully saturated rings. The van der Waals surface area contributed by atoms with Crippen molar-refractivity contribution in [2.24, 2.45) is 68.5 Å². The molecule has 7 nitrogen and oxygen atoms in total. The maximum Gasteiger partial charge on any atom is 0.302 e. The summed E-state index contributed by atoms with van der Waals surface area (Å²) in [5.41, 5.74) is 1.87. The number of allylic oxidation sites excluding steroid dienone is 2. The Bertz CT molecular complexity index is 1570. The molecule has 1 heterocycles. The summed E-state index contributed by atoms with van der Waals surface area (Å²) in [4.78, 5) is 35.3. The number of nitrogens with zero attached hydrogens (tertiary/aromatic N) is 3. The lowest BCUT2D eigenvalue weighted by molar-refractivity contribution is -0.212. The maximum absolute atomic E-state index is 14.8. The standard InChI is InChI=1S/C56H96N4O3/c1-41-23-28-56(30-29-54(7)46(50(56)42(41)2)21-22-48-53(6)26-25-49(63-43(3)61)52(4,5)47(53)24-27-55(48,54)8)51(62)57-31-15-32-58-35-37-59(38-36-58)33-16-34-60(39-44-17-11-9-12-18-44)40-45-19-13-10-14-20-45/h21,41-42,44-45,47-50H,9-20,22-40H2,1-8H3,(H,57,62)/t41-,42+,47+,48-,49+,50+,53+,54-,55-,56+/m1/s1. The number of piperazine rings is 1. The Balaban J connectivity index is 0.837. The summed E-state index contributed by atoms with van der Waals surface area (Å²) in [7, 11) is 0. The van der Waals surface area contributed by atoms with Gasteiger partial charge in [-0.05, 0) is 174 Å². The van der Waals surface area contributed by atoms with E-state index in [2.05, 4.69) is 74.6 Å². The molecule has 7 aliphatic carbocycles. The summed E-state index contributed by atoms with van der Waals surface area (Å²) in [5.74, 6) is 4.75. The van der Waals surface area contributed by atoms with Gasteiger partial charge in [-0.2, -0.15) is 0 Å². The fraction of sp³-hybridized carbons (Fsp3) is 0.929. The number of amides is 1. The predicted octanol–water partition coefficient (Wildman–Crippen LogP) is 11.6. The van der Waals surface area contributed by atoms with Crippen LogP contribution in [0.25, 0.3) is 0 Å². The maximum atomic E-state index is 14.8. The minimum atomic E-state index is -0.278. The molecule has 63 heavy (non-hydrogen) atoms. The Morgan fingerprint density at radius 2 is 1.35 bits per heavy atom. The van der Waals surface area contributed by atoms with Crippen LogP contribution in [0, 0.1) is 68.5 Å². The molecular weight excluding hydrogens is 777 g/mol. The second kappa shape index (κ2) is 19.7. The Morgan fingerprint density at radius 3 is 1.97 bits per heavy atom. The molecule has 1 amide bonds. The van der Waals surface area contributed by atoms with Crippen LogP contribution in [0.1, 0.15) is 190 Å². The van der Waals surface area contributed by atoms with Gasteiger partial charge in [0.1, 0.15) is 6.10 Å². The van der Waals surface area contributed by atoms with E-state index in [1.165, 1.54) is 136 Å². The van der Waals surface area contributed by atoms with E-state index in [-0.39, 0.29) is 39.1 Å². The van der Waals surface area contributed by atoms with E-state index < -0.39 is 0 Å². The number of nitrogens with one attached hydrogen (secondary N) is 1. The molecule has 0 aromatic carbocycles. The van der Waals surface area contributed by atoms with Crippen molar-refractivity contribution >= 4 is 11.9 Å². The van der Waals surface area contributed by atoms with Crippen LogP contribution in [0.15, 0.2) is 11.6 Å². The van der Waals surface area contributed by atoms with Gasteiger partial charge in [0, 0.05) is 58.2 Å². The number of esters is 1. The first-order valence-corrected chi connectivity index (χ1v) is 27.4. The fourth-order valence-electron chi connectivity index (χ4n) is 17.4. The molecule has 0 radical (unpaired) electrons. The molecule has 8 aliphatic rings. The quantitative estimate of drug-likeness (QED) is 0.107. The summed E-state index contributed by atoms with van der Waals surface area (Å²) in [6, 6.07) is 0. The summed E-state index contributed by atoms with van der Waals surface area (Å²) in [5, 5.41) is 3.62. The van der Waals surface area contributed by atoms with Crippen molar-refractivity contribution in [3.63, 3.8) is 0 Å². The van der Waals surface area contributed by atoms with Crippen LogP contribution in [0.4, 0.5) is 0 Å². The van der Waals surface area contributed by atoms with E-state index >= 15 is 0 Å². The monoisotopic (exact) mass is 873 g/mol. The third-order valence-electron chi connectivity index (χ3n) is 21.5. The highest BCUT2D eigenvalue weighted by Gasteiger charge is 2.69. The van der Waals surface area contributed by atoms with E-state index in [0.717, 1.165) is 76.3 Å². The van der Waals surface area contributed by atoms with Crippen LogP contribution < -0.4 is 5.32 Å². The van der Waals surface area contributed by atoms with E-state index in [1.807, 2.05) is 0 Å². The van der Waals surface area contributed by atoms with Crippen LogP contribution in [0.2, 0.25) is 0 Å². The van der Waals surface area contributed by atoms with Gasteiger partial charge in [-0.1, -0.05) is 98.6 Å². The smallest absolute Gasteiger partial charge is 0.302 e. The zero-order chi connectivity index (χ0) is 44.6. The first kappa shape index (κ1) is 48.0. The molecule has 1 saturated heterocycles. The summed E-state index contributed by atoms with van der Waals surface area (Å²) < 4.78 is 6.01. The topological polar surface area (TPSA) is 65.1 Å². The number of carbonyl (C=O) groups is 2. The minimum absolute atomic E-state index is 0.00808. The highest BCUT2D eigenvalue weighted by atomic mass is 16.5. The number of hydrogen-bond donors (Lipinski definition) is 1. The molecule has 8 rings (SSSR count). The minimum Gasteiger partial charge on any atom is -0.462 e. The number of fused-ring (bicyclic) bond motifs is 7. The molecule has 0 unspecified atom stereocenters. The highest BCUT2D eigenvalue weighted by molar-refractivity contribution is 5.84. The molecule has 358 valence electrons. The van der Waals surface area contributed by atoms with Gasteiger partial charge in [0.15, 0.2) is 0 Å². The van der Waals surface area contributed by atoms with E-state index in [9.17, 15) is 9.59 Å². The number of rotatable bonds is 14. The lowest BCUT2D eigenvalue weighted by atomic mass is 9.33. The van der Waals surface area contributed by atoms with Gasteiger partial charge in [0.2, 0.25) is 5.91 Å². The van der Waals surface area contributed by atoms with Crippen molar-refractivity contribution in [3.8, 4) is 0 Å². The average Bonchev–Trinajstić information content (AvgIpc) is 3.26. The SMILES string of the molecule is CC(=O)O[C@H]1CC[C@]2(C)[C@H]3CC=C4[C@@H]5[C@@H](C)[C@H](C)CC[C@]5(C(=O)NCCCN5CCN(CCCN(CC6CCCCC6)CC6CCCCC6)CC5)CC[C@@]4(C)[C@]3(C)CC[C@H]2C1(C)C. The van der Waals surface area contributed by atoms with Crippen molar-refractivity contribution in [3.05, 3.63) is 11.6 Å². The van der Waals surface area contributed by atoms with Gasteiger partial charge >= 0.3 is 5.97 Å². The lowest BCUT2D eigenvalue weighted by Crippen LogP contribution is -2.66. The number of hydrogen-bond acceptors (Lipinski definition) is 6. The molecule has 0 aromatic heterocycles. The van der Waals surface area contributed by atoms with Crippen molar-refractivity contribution in [1.82, 2.24) is 20.0 Å². The van der Waals surface area contributed by atoms with Crippen molar-refractivity contribution in [2.45, 2.75) is 196 Å². The molecule has 1 N–H and O–H groups in total. The van der Waals surface area contributed by atoms with Crippen molar-refractivity contribution < 1.29 is 14.3 Å². The second-order valence-corrected chi connectivity index (χ2v) is 25.2. The van der Waals surface area contributed by atoms with Gasteiger partial charge in [0.25, 0.3) is 0 Å². The van der Waals surface area contributed by atoms with E-state index in [1.54, 1.807) is 12.5 Å². The van der Waals surface area contributed by atoms with Gasteiger partial charge < -0.3 is 24.8 Å². The largest absolute Gasteiger partial charge is 0.462 e. The average molecular weight is 873 g/mol. The molecule has 7 heteroatoms. The fourth-order valence-corrected chi connectivity index (χ4v) is 17.4. The van der Waals surface area contributed by atoms with Crippen molar-refractivity contribution in [1.29, 1.82) is 0 Å². The molecule has 0 aromatic rings. The third kappa shape index (κ3) is 9.41. The second-order valence-electron chi connectivity index (χ2n) is 25.2. The van der Waals surface area contributed by atoms with E-state index in [4.69, 9.17) is 4.74 Å². The van der Waals surface area contributed by atoms with E-state index in [0.29, 0.717) is 35.5 Å². The van der Waals surface area contributed by atoms with Crippen LogP contribution in [0.5, 0.6) is 0 Å². The Labute approximate surface area is 386 Å². The van der Waals surface area contributed by atoms with Crippen LogP contribution >= 0.6 is 0 Å². The summed E-state index contributed by atoms with van der Waals surface area (Å²) in [6.07, 6.45) is 29.7. The molecule has 1 aliphatic heterocycles. The molecule has 0 bridgehead atoms. The predicted molar refractivity (Wildman–Crippen MR) is 259 cm³/mol. The normalized spacial score (nSPS) is 40.2. The molecule has 0 spiro atoms. The summed E-state index contributed by atoms with van der Waals surface area (Å²) in [6.45, 7) is 31.1. The van der Waals surface area contributed by atoms with Gasteiger partial charge in [-0.3, -0.25) is 9.59 Å². The zero-order valence-corrected chi connectivity index (χ0v) is 42.2. The highest BCUT2D eigenvalue weighted by Crippen LogP contribution is 2.76. The molecule has 6 saturated carbocycles. The first-order valence-electron chi connectivity index (χ1n) is 27.4. The number of ether oxygens (including phenoxy) is 1. The first-order chi connectivity index (χ1) is 30.1. The van der Waals surface area contributed by atoms with Gasteiger partial charge in [-0.25, -0.2) is 0 Å². The Morgan fingerprint density at radius 1 is 0.730 bits per heavy atom. The Kier molecular flexibility index (Phi) is 15.0. The third-order valence-corrected chi connectivity index (χ3v) is 21.5. The van der Waals surface area contributed by atoms with Crippen molar-refractivity contribution in [2.75, 3.05) is 65.4 Å². The molecule has 10 atom stereocenters. The van der Waals surface area contributed by atoms with Gasteiger partial charge in [0.05, 0.1) is 5.41 Å². The van der Waals surface area contributed by atoms with Crippen LogP contribution in [-0.4, -0.2) is 98.1 Å². The van der Waals surface area contributed by atoms with Crippen LogP contribution in [0.3, 0.4) is 0 Å². The molecular formula is C56H96N4O3. The van der Waals surface area contributed by atoms with Crippen LogP contribution in [-0.2, 0) is 14.3 Å². The van der Waals surface area contributed by atoms with Gasteiger partial charge in [-0.15, -0.1) is 0 Å². The lowest BCUT2D eigenvalue weighted by Gasteiger charge is -2.71. The summed E-state index contributed by atoms with van der Waals surface area (Å²) >= 11 is 0.